The van der Waals surface area contributed by atoms with Gasteiger partial charge in [0, 0.05) is 5.92 Å². The van der Waals surface area contributed by atoms with E-state index < -0.39 is 0 Å². The summed E-state index contributed by atoms with van der Waals surface area (Å²) < 4.78 is 5.45. The molecule has 0 fully saturated rings. The van der Waals surface area contributed by atoms with Gasteiger partial charge in [-0.15, -0.1) is 0 Å². The van der Waals surface area contributed by atoms with E-state index >= 15 is 0 Å². The molecular formula is C14H18N2O. The van der Waals surface area contributed by atoms with Gasteiger partial charge in [0.1, 0.15) is 5.76 Å². The third kappa shape index (κ3) is 2.57. The van der Waals surface area contributed by atoms with E-state index in [0.29, 0.717) is 5.92 Å². The van der Waals surface area contributed by atoms with Crippen molar-refractivity contribution in [3.63, 3.8) is 0 Å². The minimum absolute atomic E-state index is 0.0115. The molecule has 0 aliphatic rings. The molecule has 1 aromatic heterocycles. The summed E-state index contributed by atoms with van der Waals surface area (Å²) >= 11 is 0. The minimum atomic E-state index is 0.0115. The number of hydrogen-bond donors (Lipinski definition) is 2. The quantitative estimate of drug-likeness (QED) is 0.613. The predicted octanol–water partition coefficient (Wildman–Crippen LogP) is 2.98. The van der Waals surface area contributed by atoms with Crippen molar-refractivity contribution in [1.82, 2.24) is 5.43 Å². The van der Waals surface area contributed by atoms with Crippen LogP contribution in [-0.4, -0.2) is 0 Å². The third-order valence-corrected chi connectivity index (χ3v) is 3.10. The van der Waals surface area contributed by atoms with Crippen molar-refractivity contribution >= 4 is 0 Å². The van der Waals surface area contributed by atoms with Crippen molar-refractivity contribution in [2.75, 3.05) is 0 Å². The van der Waals surface area contributed by atoms with Crippen LogP contribution in [0.25, 0.3) is 0 Å². The Labute approximate surface area is 102 Å². The van der Waals surface area contributed by atoms with E-state index in [-0.39, 0.29) is 6.04 Å². The number of furan rings is 1. The van der Waals surface area contributed by atoms with Gasteiger partial charge >= 0.3 is 0 Å². The fourth-order valence-corrected chi connectivity index (χ4v) is 2.23. The zero-order valence-electron chi connectivity index (χ0n) is 9.97. The van der Waals surface area contributed by atoms with Gasteiger partial charge in [-0.1, -0.05) is 37.3 Å². The van der Waals surface area contributed by atoms with E-state index in [1.807, 2.05) is 30.3 Å². The molecule has 17 heavy (non-hydrogen) atoms. The molecule has 0 spiro atoms. The molecule has 90 valence electrons. The highest BCUT2D eigenvalue weighted by Gasteiger charge is 2.24. The Morgan fingerprint density at radius 2 is 1.94 bits per heavy atom. The van der Waals surface area contributed by atoms with Crippen molar-refractivity contribution in [1.29, 1.82) is 0 Å². The van der Waals surface area contributed by atoms with Gasteiger partial charge in [-0.3, -0.25) is 5.84 Å². The molecule has 0 aliphatic carbocycles. The zero-order chi connectivity index (χ0) is 12.1. The summed E-state index contributed by atoms with van der Waals surface area (Å²) in [5.41, 5.74) is 4.13. The first-order valence-corrected chi connectivity index (χ1v) is 5.91. The average Bonchev–Trinajstić information content (AvgIpc) is 2.90. The van der Waals surface area contributed by atoms with E-state index in [4.69, 9.17) is 10.3 Å². The molecule has 0 radical (unpaired) electrons. The molecular weight excluding hydrogens is 212 g/mol. The van der Waals surface area contributed by atoms with Gasteiger partial charge in [0.15, 0.2) is 0 Å². The van der Waals surface area contributed by atoms with Crippen LogP contribution in [0.3, 0.4) is 0 Å². The zero-order valence-corrected chi connectivity index (χ0v) is 9.97. The van der Waals surface area contributed by atoms with Gasteiger partial charge in [0.25, 0.3) is 0 Å². The lowest BCUT2D eigenvalue weighted by atomic mass is 9.88. The third-order valence-electron chi connectivity index (χ3n) is 3.10. The number of rotatable bonds is 5. The summed E-state index contributed by atoms with van der Waals surface area (Å²) in [6, 6.07) is 14.2. The molecule has 2 rings (SSSR count). The van der Waals surface area contributed by atoms with Crippen LogP contribution in [0, 0.1) is 0 Å². The van der Waals surface area contributed by atoms with Crippen LogP contribution in [0.4, 0.5) is 0 Å². The largest absolute Gasteiger partial charge is 0.468 e. The first kappa shape index (κ1) is 11.9. The summed E-state index contributed by atoms with van der Waals surface area (Å²) in [4.78, 5) is 0. The summed E-state index contributed by atoms with van der Waals surface area (Å²) in [6.45, 7) is 2.16. The standard InChI is InChI=1S/C14H18N2O/c1-2-12(11-7-4-3-5-8-11)14(16-15)13-9-6-10-17-13/h3-10,12,14,16H,2,15H2,1H3. The maximum absolute atomic E-state index is 5.67. The average molecular weight is 230 g/mol. The monoisotopic (exact) mass is 230 g/mol. The molecule has 2 atom stereocenters. The van der Waals surface area contributed by atoms with Crippen molar-refractivity contribution in [2.45, 2.75) is 25.3 Å². The summed E-state index contributed by atoms with van der Waals surface area (Å²) in [5.74, 6) is 6.86. The maximum Gasteiger partial charge on any atom is 0.122 e. The molecule has 3 N–H and O–H groups in total. The first-order chi connectivity index (χ1) is 8.36. The summed E-state index contributed by atoms with van der Waals surface area (Å²) in [6.07, 6.45) is 2.68. The first-order valence-electron chi connectivity index (χ1n) is 5.91. The fourth-order valence-electron chi connectivity index (χ4n) is 2.23. The van der Waals surface area contributed by atoms with Crippen LogP contribution in [0.15, 0.2) is 53.1 Å². The number of benzene rings is 1. The predicted molar refractivity (Wildman–Crippen MR) is 68.2 cm³/mol. The van der Waals surface area contributed by atoms with Crippen molar-refractivity contribution in [3.05, 3.63) is 60.1 Å². The Morgan fingerprint density at radius 3 is 2.47 bits per heavy atom. The van der Waals surface area contributed by atoms with Crippen molar-refractivity contribution in [2.24, 2.45) is 5.84 Å². The second-order valence-electron chi connectivity index (χ2n) is 4.09. The Bertz CT molecular complexity index is 425. The van der Waals surface area contributed by atoms with Crippen LogP contribution in [-0.2, 0) is 0 Å². The molecule has 3 nitrogen and oxygen atoms in total. The highest BCUT2D eigenvalue weighted by Crippen LogP contribution is 2.33. The number of hydrogen-bond acceptors (Lipinski definition) is 3. The molecule has 1 aromatic carbocycles. The molecule has 0 aliphatic heterocycles. The van der Waals surface area contributed by atoms with Crippen LogP contribution in [0.2, 0.25) is 0 Å². The highest BCUT2D eigenvalue weighted by atomic mass is 16.3. The lowest BCUT2D eigenvalue weighted by Crippen LogP contribution is -2.32. The van der Waals surface area contributed by atoms with E-state index in [1.165, 1.54) is 5.56 Å². The Morgan fingerprint density at radius 1 is 1.18 bits per heavy atom. The minimum Gasteiger partial charge on any atom is -0.468 e. The van der Waals surface area contributed by atoms with E-state index in [9.17, 15) is 0 Å². The summed E-state index contributed by atoms with van der Waals surface area (Å²) in [5, 5.41) is 0. The van der Waals surface area contributed by atoms with Crippen molar-refractivity contribution in [3.8, 4) is 0 Å². The Hall–Kier alpha value is -1.58. The number of nitrogens with two attached hydrogens (primary N) is 1. The van der Waals surface area contributed by atoms with Crippen LogP contribution < -0.4 is 11.3 Å². The number of hydrazine groups is 1. The van der Waals surface area contributed by atoms with Gasteiger partial charge in [0.2, 0.25) is 0 Å². The molecule has 0 saturated carbocycles. The van der Waals surface area contributed by atoms with E-state index in [0.717, 1.165) is 12.2 Å². The molecule has 2 unspecified atom stereocenters. The van der Waals surface area contributed by atoms with Crippen LogP contribution in [0.1, 0.15) is 36.6 Å². The van der Waals surface area contributed by atoms with Crippen LogP contribution in [0.5, 0.6) is 0 Å². The highest BCUT2D eigenvalue weighted by molar-refractivity contribution is 5.23. The maximum atomic E-state index is 5.67. The number of nitrogens with one attached hydrogen (secondary N) is 1. The Balaban J connectivity index is 2.28. The van der Waals surface area contributed by atoms with Gasteiger partial charge in [0.05, 0.1) is 12.3 Å². The second kappa shape index (κ2) is 5.66. The van der Waals surface area contributed by atoms with Gasteiger partial charge in [-0.2, -0.15) is 0 Å². The lowest BCUT2D eigenvalue weighted by Gasteiger charge is -2.24. The van der Waals surface area contributed by atoms with Gasteiger partial charge in [-0.05, 0) is 24.1 Å². The van der Waals surface area contributed by atoms with E-state index in [2.05, 4.69) is 24.5 Å². The topological polar surface area (TPSA) is 51.2 Å². The molecule has 0 amide bonds. The molecule has 0 saturated heterocycles. The van der Waals surface area contributed by atoms with E-state index in [1.54, 1.807) is 6.26 Å². The molecule has 3 heteroatoms. The fraction of sp³-hybridized carbons (Fsp3) is 0.286. The lowest BCUT2D eigenvalue weighted by molar-refractivity contribution is 0.363. The molecule has 0 bridgehead atoms. The summed E-state index contributed by atoms with van der Waals surface area (Å²) in [7, 11) is 0. The van der Waals surface area contributed by atoms with Crippen LogP contribution >= 0.6 is 0 Å². The van der Waals surface area contributed by atoms with Gasteiger partial charge in [-0.25, -0.2) is 5.43 Å². The van der Waals surface area contributed by atoms with Gasteiger partial charge < -0.3 is 4.42 Å². The SMILES string of the molecule is CCC(c1ccccc1)C(NN)c1ccco1. The Kier molecular flexibility index (Phi) is 3.96. The molecule has 2 aromatic rings. The second-order valence-corrected chi connectivity index (χ2v) is 4.09. The smallest absolute Gasteiger partial charge is 0.122 e. The normalized spacial score (nSPS) is 14.5. The molecule has 1 heterocycles. The van der Waals surface area contributed by atoms with Crippen molar-refractivity contribution < 1.29 is 4.42 Å².